The van der Waals surface area contributed by atoms with Crippen molar-refractivity contribution in [2.45, 2.75) is 19.5 Å². The second-order valence-corrected chi connectivity index (χ2v) is 3.61. The van der Waals surface area contributed by atoms with Gasteiger partial charge in [-0.15, -0.1) is 5.10 Å². The molecule has 7 heteroatoms. The van der Waals surface area contributed by atoms with E-state index in [4.69, 9.17) is 4.42 Å². The van der Waals surface area contributed by atoms with E-state index in [1.54, 1.807) is 12.5 Å². The smallest absolute Gasteiger partial charge is 0.315 e. The Labute approximate surface area is 99.3 Å². The highest BCUT2D eigenvalue weighted by Crippen LogP contribution is 2.04. The van der Waals surface area contributed by atoms with Crippen molar-refractivity contribution >= 4 is 6.01 Å². The average molecular weight is 236 g/mol. The number of hydrogen-bond acceptors (Lipinski definition) is 6. The SMILES string of the molecule is CNCc1nnc(NCCCn2ccnc2)o1. The third kappa shape index (κ3) is 3.56. The molecule has 0 bridgehead atoms. The maximum absolute atomic E-state index is 5.35. The maximum Gasteiger partial charge on any atom is 0.315 e. The monoisotopic (exact) mass is 236 g/mol. The fourth-order valence-electron chi connectivity index (χ4n) is 1.42. The molecule has 2 aromatic heterocycles. The molecular formula is C10H16N6O. The highest BCUT2D eigenvalue weighted by Gasteiger charge is 2.03. The highest BCUT2D eigenvalue weighted by molar-refractivity contribution is 5.16. The summed E-state index contributed by atoms with van der Waals surface area (Å²) in [5, 5.41) is 13.8. The van der Waals surface area contributed by atoms with Gasteiger partial charge >= 0.3 is 6.01 Å². The van der Waals surface area contributed by atoms with Crippen LogP contribution in [0.15, 0.2) is 23.1 Å². The van der Waals surface area contributed by atoms with E-state index >= 15 is 0 Å². The van der Waals surface area contributed by atoms with E-state index in [0.717, 1.165) is 19.5 Å². The summed E-state index contributed by atoms with van der Waals surface area (Å²) in [7, 11) is 1.84. The molecule has 0 aliphatic heterocycles. The van der Waals surface area contributed by atoms with Crippen LogP contribution >= 0.6 is 0 Å². The van der Waals surface area contributed by atoms with Crippen LogP contribution in [-0.2, 0) is 13.1 Å². The summed E-state index contributed by atoms with van der Waals surface area (Å²) >= 11 is 0. The molecule has 0 unspecified atom stereocenters. The van der Waals surface area contributed by atoms with Crippen molar-refractivity contribution in [3.63, 3.8) is 0 Å². The summed E-state index contributed by atoms with van der Waals surface area (Å²) in [4.78, 5) is 3.98. The third-order valence-electron chi connectivity index (χ3n) is 2.22. The number of nitrogens with zero attached hydrogens (tertiary/aromatic N) is 4. The number of imidazole rings is 1. The lowest BCUT2D eigenvalue weighted by Crippen LogP contribution is -2.06. The second kappa shape index (κ2) is 6.00. The molecule has 0 atom stereocenters. The van der Waals surface area contributed by atoms with Crippen LogP contribution in [0.3, 0.4) is 0 Å². The predicted molar refractivity (Wildman–Crippen MR) is 62.4 cm³/mol. The van der Waals surface area contributed by atoms with Crippen LogP contribution < -0.4 is 10.6 Å². The first-order valence-electron chi connectivity index (χ1n) is 5.55. The first-order valence-corrected chi connectivity index (χ1v) is 5.55. The highest BCUT2D eigenvalue weighted by atomic mass is 16.4. The number of aromatic nitrogens is 4. The number of rotatable bonds is 7. The summed E-state index contributed by atoms with van der Waals surface area (Å²) in [5.74, 6) is 0.588. The summed E-state index contributed by atoms with van der Waals surface area (Å²) in [6.07, 6.45) is 6.49. The lowest BCUT2D eigenvalue weighted by molar-refractivity contribution is 0.488. The fourth-order valence-corrected chi connectivity index (χ4v) is 1.42. The van der Waals surface area contributed by atoms with Gasteiger partial charge in [0.25, 0.3) is 0 Å². The minimum atomic E-state index is 0.473. The molecule has 92 valence electrons. The summed E-state index contributed by atoms with van der Waals surface area (Å²) < 4.78 is 7.38. The van der Waals surface area contributed by atoms with Gasteiger partial charge in [-0.05, 0) is 13.5 Å². The van der Waals surface area contributed by atoms with E-state index in [9.17, 15) is 0 Å². The quantitative estimate of drug-likeness (QED) is 0.681. The first kappa shape index (κ1) is 11.6. The average Bonchev–Trinajstić information content (AvgIpc) is 2.96. The van der Waals surface area contributed by atoms with E-state index in [2.05, 4.69) is 25.8 Å². The van der Waals surface area contributed by atoms with Crippen molar-refractivity contribution in [1.29, 1.82) is 0 Å². The van der Waals surface area contributed by atoms with E-state index in [0.29, 0.717) is 18.5 Å². The molecule has 2 heterocycles. The Morgan fingerprint density at radius 2 is 2.35 bits per heavy atom. The van der Waals surface area contributed by atoms with Gasteiger partial charge in [0.05, 0.1) is 12.9 Å². The molecule has 0 saturated carbocycles. The molecule has 0 aliphatic rings. The van der Waals surface area contributed by atoms with Crippen molar-refractivity contribution in [3.05, 3.63) is 24.6 Å². The van der Waals surface area contributed by atoms with Gasteiger partial charge in [0.15, 0.2) is 0 Å². The molecule has 0 spiro atoms. The van der Waals surface area contributed by atoms with Gasteiger partial charge in [0, 0.05) is 25.5 Å². The van der Waals surface area contributed by atoms with Crippen molar-refractivity contribution < 1.29 is 4.42 Å². The van der Waals surface area contributed by atoms with Gasteiger partial charge in [-0.3, -0.25) is 0 Å². The van der Waals surface area contributed by atoms with Crippen molar-refractivity contribution in [1.82, 2.24) is 25.1 Å². The lowest BCUT2D eigenvalue weighted by atomic mass is 10.4. The van der Waals surface area contributed by atoms with Gasteiger partial charge in [0.2, 0.25) is 5.89 Å². The van der Waals surface area contributed by atoms with Crippen LogP contribution in [0.5, 0.6) is 0 Å². The topological polar surface area (TPSA) is 80.8 Å². The number of aryl methyl sites for hydroxylation is 1. The molecule has 0 aliphatic carbocycles. The Morgan fingerprint density at radius 3 is 3.12 bits per heavy atom. The summed E-state index contributed by atoms with van der Waals surface area (Å²) in [6, 6.07) is 0.473. The molecule has 0 fully saturated rings. The molecule has 0 saturated heterocycles. The largest absolute Gasteiger partial charge is 0.407 e. The molecule has 0 amide bonds. The molecular weight excluding hydrogens is 220 g/mol. The number of hydrogen-bond donors (Lipinski definition) is 2. The fraction of sp³-hybridized carbons (Fsp3) is 0.500. The lowest BCUT2D eigenvalue weighted by Gasteiger charge is -2.02. The van der Waals surface area contributed by atoms with Crippen LogP contribution in [0.1, 0.15) is 12.3 Å². The zero-order valence-corrected chi connectivity index (χ0v) is 9.76. The van der Waals surface area contributed by atoms with Crippen LogP contribution in [0.4, 0.5) is 6.01 Å². The second-order valence-electron chi connectivity index (χ2n) is 3.61. The van der Waals surface area contributed by atoms with E-state index in [-0.39, 0.29) is 0 Å². The number of nitrogens with one attached hydrogen (secondary N) is 2. The molecule has 17 heavy (non-hydrogen) atoms. The number of anilines is 1. The van der Waals surface area contributed by atoms with Crippen LogP contribution in [0.2, 0.25) is 0 Å². The Bertz CT molecular complexity index is 424. The summed E-state index contributed by atoms with van der Waals surface area (Å²) in [6.45, 7) is 2.30. The van der Waals surface area contributed by atoms with Crippen molar-refractivity contribution in [2.75, 3.05) is 18.9 Å². The third-order valence-corrected chi connectivity index (χ3v) is 2.22. The van der Waals surface area contributed by atoms with Crippen molar-refractivity contribution in [2.24, 2.45) is 0 Å². The molecule has 2 N–H and O–H groups in total. The minimum Gasteiger partial charge on any atom is -0.407 e. The molecule has 7 nitrogen and oxygen atoms in total. The predicted octanol–water partition coefficient (Wildman–Crippen LogP) is 0.488. The zero-order chi connectivity index (χ0) is 11.9. The maximum atomic E-state index is 5.35. The van der Waals surface area contributed by atoms with Crippen LogP contribution in [0, 0.1) is 0 Å². The molecule has 2 rings (SSSR count). The van der Waals surface area contributed by atoms with Gasteiger partial charge in [-0.1, -0.05) is 5.10 Å². The minimum absolute atomic E-state index is 0.473. The molecule has 0 aromatic carbocycles. The van der Waals surface area contributed by atoms with E-state index in [1.165, 1.54) is 0 Å². The van der Waals surface area contributed by atoms with Crippen molar-refractivity contribution in [3.8, 4) is 0 Å². The van der Waals surface area contributed by atoms with E-state index in [1.807, 2.05) is 17.8 Å². The Morgan fingerprint density at radius 1 is 1.41 bits per heavy atom. The van der Waals surface area contributed by atoms with Gasteiger partial charge in [-0.25, -0.2) is 4.98 Å². The first-order chi connectivity index (χ1) is 8.38. The Balaban J connectivity index is 1.67. The standard InChI is InChI=1S/C10H16N6O/c1-11-7-9-14-15-10(17-9)13-3-2-5-16-6-4-12-8-16/h4,6,8,11H,2-3,5,7H2,1H3,(H,13,15). The Kier molecular flexibility index (Phi) is 4.09. The van der Waals surface area contributed by atoms with E-state index < -0.39 is 0 Å². The van der Waals surface area contributed by atoms with Gasteiger partial charge in [0.1, 0.15) is 0 Å². The Hall–Kier alpha value is -1.89. The van der Waals surface area contributed by atoms with Crippen LogP contribution in [-0.4, -0.2) is 33.3 Å². The zero-order valence-electron chi connectivity index (χ0n) is 9.76. The molecule has 2 aromatic rings. The normalized spacial score (nSPS) is 10.6. The summed E-state index contributed by atoms with van der Waals surface area (Å²) in [5.41, 5.74) is 0. The molecule has 0 radical (unpaired) electrons. The van der Waals surface area contributed by atoms with Gasteiger partial charge in [-0.2, -0.15) is 0 Å². The van der Waals surface area contributed by atoms with Gasteiger partial charge < -0.3 is 19.6 Å². The van der Waals surface area contributed by atoms with Crippen LogP contribution in [0.25, 0.3) is 0 Å².